The highest BCUT2D eigenvalue weighted by Crippen LogP contribution is 2.34. The molecule has 0 amide bonds. The smallest absolute Gasteiger partial charge is 0.318 e. The van der Waals surface area contributed by atoms with Crippen molar-refractivity contribution in [3.05, 3.63) is 28.8 Å². The number of halogens is 5. The van der Waals surface area contributed by atoms with Crippen molar-refractivity contribution in [3.63, 3.8) is 0 Å². The SMILES string of the molecule is CNCCN(C)S(=O)(=O)c1cc(C(F)(F)F)ccc1Cl.Cl. The van der Waals surface area contributed by atoms with Crippen molar-refractivity contribution < 1.29 is 21.6 Å². The molecule has 0 aromatic heterocycles. The van der Waals surface area contributed by atoms with Gasteiger partial charge < -0.3 is 5.32 Å². The maximum atomic E-state index is 12.6. The third kappa shape index (κ3) is 5.00. The van der Waals surface area contributed by atoms with Crippen LogP contribution in [0.2, 0.25) is 5.02 Å². The van der Waals surface area contributed by atoms with Gasteiger partial charge in [-0.3, -0.25) is 0 Å². The Morgan fingerprint density at radius 1 is 1.33 bits per heavy atom. The second-order valence-electron chi connectivity index (χ2n) is 4.07. The van der Waals surface area contributed by atoms with E-state index in [1.54, 1.807) is 7.05 Å². The van der Waals surface area contributed by atoms with Gasteiger partial charge in [-0.25, -0.2) is 8.42 Å². The Morgan fingerprint density at radius 3 is 2.38 bits per heavy atom. The highest BCUT2D eigenvalue weighted by atomic mass is 35.5. The summed E-state index contributed by atoms with van der Waals surface area (Å²) in [5, 5.41) is 2.51. The molecule has 0 saturated carbocycles. The van der Waals surface area contributed by atoms with Gasteiger partial charge in [-0.2, -0.15) is 17.5 Å². The average molecular weight is 367 g/mol. The lowest BCUT2D eigenvalue weighted by atomic mass is 10.2. The molecule has 1 aromatic carbocycles. The Balaban J connectivity index is 0.00000400. The predicted molar refractivity (Wildman–Crippen MR) is 77.4 cm³/mol. The number of rotatable bonds is 5. The molecule has 0 saturated heterocycles. The van der Waals surface area contributed by atoms with Crippen LogP contribution in [-0.4, -0.2) is 39.9 Å². The van der Waals surface area contributed by atoms with Crippen molar-refractivity contribution in [1.29, 1.82) is 0 Å². The lowest BCUT2D eigenvalue weighted by molar-refractivity contribution is -0.137. The summed E-state index contributed by atoms with van der Waals surface area (Å²) in [6, 6.07) is 2.23. The molecule has 4 nitrogen and oxygen atoms in total. The molecule has 0 fully saturated rings. The molecule has 0 bridgehead atoms. The molecule has 0 heterocycles. The van der Waals surface area contributed by atoms with Crippen LogP contribution in [0.5, 0.6) is 0 Å². The fraction of sp³-hybridized carbons (Fsp3) is 0.455. The Kier molecular flexibility index (Phi) is 7.44. The van der Waals surface area contributed by atoms with E-state index in [0.29, 0.717) is 12.6 Å². The minimum Gasteiger partial charge on any atom is -0.318 e. The molecule has 0 spiro atoms. The predicted octanol–water partition coefficient (Wildman–Crippen LogP) is 2.62. The summed E-state index contributed by atoms with van der Waals surface area (Å²) in [6.45, 7) is 0.484. The molecular formula is C11H15Cl2F3N2O2S. The van der Waals surface area contributed by atoms with Crippen molar-refractivity contribution >= 4 is 34.0 Å². The summed E-state index contributed by atoms with van der Waals surface area (Å²) < 4.78 is 63.2. The van der Waals surface area contributed by atoms with E-state index in [0.717, 1.165) is 16.4 Å². The summed E-state index contributed by atoms with van der Waals surface area (Å²) in [4.78, 5) is -0.549. The lowest BCUT2D eigenvalue weighted by Gasteiger charge is -2.18. The highest BCUT2D eigenvalue weighted by Gasteiger charge is 2.33. The number of nitrogens with one attached hydrogen (secondary N) is 1. The Bertz CT molecular complexity index is 579. The van der Waals surface area contributed by atoms with E-state index in [4.69, 9.17) is 11.6 Å². The molecule has 0 unspecified atom stereocenters. The molecule has 0 aliphatic carbocycles. The van der Waals surface area contributed by atoms with E-state index in [1.807, 2.05) is 0 Å². The van der Waals surface area contributed by atoms with E-state index in [-0.39, 0.29) is 24.0 Å². The Morgan fingerprint density at radius 2 is 1.90 bits per heavy atom. The van der Waals surface area contributed by atoms with Crippen molar-refractivity contribution in [3.8, 4) is 0 Å². The first-order chi connectivity index (χ1) is 9.10. The van der Waals surface area contributed by atoms with E-state index in [1.165, 1.54) is 7.05 Å². The van der Waals surface area contributed by atoms with Gasteiger partial charge in [0.1, 0.15) is 4.90 Å². The van der Waals surface area contributed by atoms with Crippen LogP contribution in [0.25, 0.3) is 0 Å². The standard InChI is InChI=1S/C11H14ClF3N2O2S.ClH/c1-16-5-6-17(2)20(18,19)10-7-8(11(13,14)15)3-4-9(10)12;/h3-4,7,16H,5-6H2,1-2H3;1H. The summed E-state index contributed by atoms with van der Waals surface area (Å²) in [6.07, 6.45) is -4.63. The number of nitrogens with zero attached hydrogens (tertiary/aromatic N) is 1. The van der Waals surface area contributed by atoms with Gasteiger partial charge in [0, 0.05) is 20.1 Å². The molecule has 1 N–H and O–H groups in total. The molecule has 0 radical (unpaired) electrons. The summed E-state index contributed by atoms with van der Waals surface area (Å²) >= 11 is 5.72. The third-order valence-corrected chi connectivity index (χ3v) is 4.96. The van der Waals surface area contributed by atoms with Crippen LogP contribution in [0.15, 0.2) is 23.1 Å². The minimum atomic E-state index is -4.63. The van der Waals surface area contributed by atoms with Gasteiger partial charge in [-0.05, 0) is 25.2 Å². The first-order valence-electron chi connectivity index (χ1n) is 5.58. The van der Waals surface area contributed by atoms with Crippen molar-refractivity contribution in [1.82, 2.24) is 9.62 Å². The number of hydrogen-bond acceptors (Lipinski definition) is 3. The number of likely N-dealkylation sites (N-methyl/N-ethyl adjacent to an activating group) is 2. The fourth-order valence-electron chi connectivity index (χ4n) is 1.43. The van der Waals surface area contributed by atoms with Crippen molar-refractivity contribution in [2.45, 2.75) is 11.1 Å². The molecule has 1 rings (SSSR count). The summed E-state index contributed by atoms with van der Waals surface area (Å²) in [5.74, 6) is 0. The van der Waals surface area contributed by atoms with Gasteiger partial charge in [-0.1, -0.05) is 11.6 Å². The van der Waals surface area contributed by atoms with E-state index >= 15 is 0 Å². The molecule has 10 heteroatoms. The van der Waals surface area contributed by atoms with Crippen molar-refractivity contribution in [2.75, 3.05) is 27.2 Å². The lowest BCUT2D eigenvalue weighted by Crippen LogP contribution is -2.33. The summed E-state index contributed by atoms with van der Waals surface area (Å²) in [5.41, 5.74) is -1.05. The van der Waals surface area contributed by atoms with Gasteiger partial charge in [0.05, 0.1) is 10.6 Å². The molecule has 0 aliphatic rings. The second kappa shape index (κ2) is 7.64. The van der Waals surface area contributed by atoms with Crippen LogP contribution in [0.1, 0.15) is 5.56 Å². The first-order valence-corrected chi connectivity index (χ1v) is 7.40. The van der Waals surface area contributed by atoms with Gasteiger partial charge in [0.2, 0.25) is 10.0 Å². The largest absolute Gasteiger partial charge is 0.416 e. The highest BCUT2D eigenvalue weighted by molar-refractivity contribution is 7.89. The molecule has 21 heavy (non-hydrogen) atoms. The quantitative estimate of drug-likeness (QED) is 0.871. The fourth-order valence-corrected chi connectivity index (χ4v) is 3.10. The summed E-state index contributed by atoms with van der Waals surface area (Å²) in [7, 11) is -1.15. The van der Waals surface area contributed by atoms with Gasteiger partial charge in [-0.15, -0.1) is 12.4 Å². The van der Waals surface area contributed by atoms with E-state index in [2.05, 4.69) is 5.32 Å². The van der Waals surface area contributed by atoms with Crippen LogP contribution in [0.3, 0.4) is 0 Å². The number of hydrogen-bond donors (Lipinski definition) is 1. The average Bonchev–Trinajstić information content (AvgIpc) is 2.34. The molecule has 1 aromatic rings. The monoisotopic (exact) mass is 366 g/mol. The zero-order valence-electron chi connectivity index (χ0n) is 11.2. The Labute approximate surface area is 132 Å². The Hall–Kier alpha value is -0.540. The topological polar surface area (TPSA) is 49.4 Å². The van der Waals surface area contributed by atoms with Crippen LogP contribution >= 0.6 is 24.0 Å². The van der Waals surface area contributed by atoms with Crippen LogP contribution < -0.4 is 5.32 Å². The molecular weight excluding hydrogens is 352 g/mol. The normalized spacial score (nSPS) is 12.3. The number of alkyl halides is 3. The van der Waals surface area contributed by atoms with Gasteiger partial charge >= 0.3 is 6.18 Å². The minimum absolute atomic E-state index is 0. The van der Waals surface area contributed by atoms with Crippen LogP contribution in [-0.2, 0) is 16.2 Å². The van der Waals surface area contributed by atoms with Gasteiger partial charge in [0.15, 0.2) is 0 Å². The number of benzene rings is 1. The first kappa shape index (κ1) is 20.5. The third-order valence-electron chi connectivity index (χ3n) is 2.62. The van der Waals surface area contributed by atoms with Crippen molar-refractivity contribution in [2.24, 2.45) is 0 Å². The second-order valence-corrected chi connectivity index (χ2v) is 6.49. The van der Waals surface area contributed by atoms with Crippen LogP contribution in [0, 0.1) is 0 Å². The maximum Gasteiger partial charge on any atom is 0.416 e. The van der Waals surface area contributed by atoms with Gasteiger partial charge in [0.25, 0.3) is 0 Å². The van der Waals surface area contributed by atoms with E-state index < -0.39 is 26.7 Å². The zero-order chi connectivity index (χ0) is 15.6. The molecule has 0 aliphatic heterocycles. The zero-order valence-corrected chi connectivity index (χ0v) is 13.6. The number of sulfonamides is 1. The molecule has 122 valence electrons. The van der Waals surface area contributed by atoms with E-state index in [9.17, 15) is 21.6 Å². The van der Waals surface area contributed by atoms with Crippen LogP contribution in [0.4, 0.5) is 13.2 Å². The maximum absolute atomic E-state index is 12.6. The molecule has 0 atom stereocenters.